The Bertz CT molecular complexity index is 1120. The first-order valence-corrected chi connectivity index (χ1v) is 10.5. The molecule has 2 aromatic carbocycles. The number of amides is 1. The van der Waals surface area contributed by atoms with Crippen LogP contribution in [0.4, 0.5) is 26.3 Å². The number of nitrogens with zero attached hydrogens (tertiary/aromatic N) is 1. The Kier molecular flexibility index (Phi) is 6.00. The van der Waals surface area contributed by atoms with Gasteiger partial charge in [0.25, 0.3) is 5.91 Å². The summed E-state index contributed by atoms with van der Waals surface area (Å²) in [6, 6.07) is 11.1. The third-order valence-corrected chi connectivity index (χ3v) is 5.99. The van der Waals surface area contributed by atoms with Gasteiger partial charge in [0.05, 0.1) is 6.04 Å². The summed E-state index contributed by atoms with van der Waals surface area (Å²) in [7, 11) is 0. The van der Waals surface area contributed by atoms with Gasteiger partial charge in [0.2, 0.25) is 0 Å². The van der Waals surface area contributed by atoms with Crippen LogP contribution in [0.15, 0.2) is 60.0 Å². The fourth-order valence-corrected chi connectivity index (χ4v) is 4.62. The second kappa shape index (κ2) is 8.62. The van der Waals surface area contributed by atoms with E-state index in [0.29, 0.717) is 18.5 Å². The van der Waals surface area contributed by atoms with Crippen LogP contribution < -0.4 is 9.47 Å². The molecule has 11 heteroatoms. The van der Waals surface area contributed by atoms with Crippen molar-refractivity contribution >= 4 is 17.2 Å². The summed E-state index contributed by atoms with van der Waals surface area (Å²) in [4.78, 5) is 15.9. The highest BCUT2D eigenvalue weighted by molar-refractivity contribution is 7.10. The van der Waals surface area contributed by atoms with Gasteiger partial charge in [0.15, 0.2) is 0 Å². The van der Waals surface area contributed by atoms with Crippen LogP contribution in [0.2, 0.25) is 0 Å². The third kappa shape index (κ3) is 5.41. The van der Waals surface area contributed by atoms with E-state index in [4.69, 9.17) is 0 Å². The van der Waals surface area contributed by atoms with Crippen LogP contribution in [0.25, 0.3) is 0 Å². The first kappa shape index (κ1) is 23.0. The molecule has 174 valence electrons. The number of fused-ring (bicyclic) bond motifs is 1. The molecule has 0 spiro atoms. The lowest BCUT2D eigenvalue weighted by Gasteiger charge is -2.36. The maximum absolute atomic E-state index is 13.3. The molecule has 0 radical (unpaired) electrons. The number of ether oxygens (including phenoxy) is 2. The van der Waals surface area contributed by atoms with Crippen LogP contribution in [0.1, 0.15) is 32.4 Å². The highest BCUT2D eigenvalue weighted by Gasteiger charge is 2.35. The van der Waals surface area contributed by atoms with Gasteiger partial charge in [-0.25, -0.2) is 0 Å². The Balaban J connectivity index is 1.62. The van der Waals surface area contributed by atoms with E-state index in [9.17, 15) is 31.1 Å². The van der Waals surface area contributed by atoms with Gasteiger partial charge in [-0.1, -0.05) is 12.1 Å². The Morgan fingerprint density at radius 2 is 1.39 bits per heavy atom. The van der Waals surface area contributed by atoms with Crippen LogP contribution in [-0.4, -0.2) is 30.1 Å². The third-order valence-electron chi connectivity index (χ3n) is 4.99. The van der Waals surface area contributed by atoms with E-state index in [1.807, 2.05) is 11.4 Å². The van der Waals surface area contributed by atoms with Crippen molar-refractivity contribution in [2.75, 3.05) is 6.54 Å². The fraction of sp³-hybridized carbons (Fsp3) is 0.227. The molecule has 1 aliphatic heterocycles. The molecule has 1 aliphatic rings. The SMILES string of the molecule is O=C(c1ccc(OC(F)(F)F)cc1)N1CCc2sccc2[C@@H]1c1ccc(OC(F)(F)F)cc1. The number of rotatable bonds is 4. The Morgan fingerprint density at radius 1 is 0.848 bits per heavy atom. The van der Waals surface area contributed by atoms with Crippen molar-refractivity contribution in [1.82, 2.24) is 4.90 Å². The van der Waals surface area contributed by atoms with Crippen molar-refractivity contribution in [2.24, 2.45) is 0 Å². The van der Waals surface area contributed by atoms with Crippen LogP contribution in [-0.2, 0) is 6.42 Å². The number of halogens is 6. The van der Waals surface area contributed by atoms with E-state index in [2.05, 4.69) is 9.47 Å². The topological polar surface area (TPSA) is 38.8 Å². The molecule has 0 aliphatic carbocycles. The lowest BCUT2D eigenvalue weighted by Crippen LogP contribution is -2.40. The maximum Gasteiger partial charge on any atom is 0.573 e. The van der Waals surface area contributed by atoms with E-state index in [0.717, 1.165) is 22.6 Å². The minimum atomic E-state index is -4.85. The molecule has 0 bridgehead atoms. The molecule has 0 N–H and O–H groups in total. The van der Waals surface area contributed by atoms with Gasteiger partial charge in [-0.15, -0.1) is 37.7 Å². The van der Waals surface area contributed by atoms with E-state index in [1.165, 1.54) is 47.7 Å². The van der Waals surface area contributed by atoms with Gasteiger partial charge >= 0.3 is 12.7 Å². The monoisotopic (exact) mass is 487 g/mol. The molecule has 3 aromatic rings. The molecular weight excluding hydrogens is 472 g/mol. The molecule has 1 atom stereocenters. The smallest absolute Gasteiger partial charge is 0.406 e. The quantitative estimate of drug-likeness (QED) is 0.404. The predicted octanol–water partition coefficient (Wildman–Crippen LogP) is 6.33. The maximum atomic E-state index is 13.3. The molecule has 0 saturated heterocycles. The van der Waals surface area contributed by atoms with Crippen LogP contribution in [0.5, 0.6) is 11.5 Å². The van der Waals surface area contributed by atoms with Crippen LogP contribution in [0, 0.1) is 0 Å². The number of carbonyl (C=O) groups is 1. The van der Waals surface area contributed by atoms with E-state index < -0.39 is 30.4 Å². The zero-order valence-corrected chi connectivity index (χ0v) is 17.4. The number of carbonyl (C=O) groups excluding carboxylic acids is 1. The van der Waals surface area contributed by atoms with Gasteiger partial charge in [0, 0.05) is 17.0 Å². The van der Waals surface area contributed by atoms with Crippen molar-refractivity contribution in [1.29, 1.82) is 0 Å². The summed E-state index contributed by atoms with van der Waals surface area (Å²) < 4.78 is 82.4. The van der Waals surface area contributed by atoms with Gasteiger partial charge < -0.3 is 14.4 Å². The highest BCUT2D eigenvalue weighted by Crippen LogP contribution is 2.39. The van der Waals surface area contributed by atoms with E-state index in [1.54, 1.807) is 4.90 Å². The molecular formula is C22H15F6NO3S. The summed E-state index contributed by atoms with van der Waals surface area (Å²) in [5.74, 6) is -1.26. The van der Waals surface area contributed by atoms with Gasteiger partial charge in [-0.3, -0.25) is 4.79 Å². The summed E-state index contributed by atoms with van der Waals surface area (Å²) in [5, 5.41) is 1.87. The number of thiophene rings is 1. The number of benzene rings is 2. The van der Waals surface area contributed by atoms with Crippen molar-refractivity contribution < 1.29 is 40.6 Å². The molecule has 2 heterocycles. The molecule has 33 heavy (non-hydrogen) atoms. The second-order valence-electron chi connectivity index (χ2n) is 7.14. The van der Waals surface area contributed by atoms with Crippen LogP contribution >= 0.6 is 11.3 Å². The van der Waals surface area contributed by atoms with Crippen LogP contribution in [0.3, 0.4) is 0 Å². The Morgan fingerprint density at radius 3 is 1.94 bits per heavy atom. The molecule has 1 aromatic heterocycles. The molecule has 0 unspecified atom stereocenters. The zero-order valence-electron chi connectivity index (χ0n) is 16.6. The summed E-state index contributed by atoms with van der Waals surface area (Å²) >= 11 is 1.52. The lowest BCUT2D eigenvalue weighted by molar-refractivity contribution is -0.275. The van der Waals surface area contributed by atoms with Crippen molar-refractivity contribution in [2.45, 2.75) is 25.2 Å². The Labute approximate surface area is 188 Å². The summed E-state index contributed by atoms with van der Waals surface area (Å²) in [6.07, 6.45) is -9.09. The normalized spacial score (nSPS) is 16.3. The highest BCUT2D eigenvalue weighted by atomic mass is 32.1. The Hall–Kier alpha value is -3.21. The number of hydrogen-bond donors (Lipinski definition) is 0. The fourth-order valence-electron chi connectivity index (χ4n) is 3.71. The standard InChI is InChI=1S/C22H15F6NO3S/c23-21(24,25)31-15-5-1-13(2-6-15)19-17-10-12-33-18(17)9-11-29(19)20(30)14-3-7-16(8-4-14)32-22(26,27)28/h1-8,10,12,19H,9,11H2/t19-/m0/s1. The molecule has 4 nitrogen and oxygen atoms in total. The molecule has 0 fully saturated rings. The summed E-state index contributed by atoms with van der Waals surface area (Å²) in [6.45, 7) is 0.332. The second-order valence-corrected chi connectivity index (χ2v) is 8.14. The summed E-state index contributed by atoms with van der Waals surface area (Å²) in [5.41, 5.74) is 1.58. The van der Waals surface area contributed by atoms with Crippen molar-refractivity contribution in [3.8, 4) is 11.5 Å². The minimum absolute atomic E-state index is 0.158. The number of hydrogen-bond acceptors (Lipinski definition) is 4. The predicted molar refractivity (Wildman–Crippen MR) is 107 cm³/mol. The van der Waals surface area contributed by atoms with Crippen molar-refractivity contribution in [3.05, 3.63) is 81.5 Å². The lowest BCUT2D eigenvalue weighted by atomic mass is 9.92. The first-order chi connectivity index (χ1) is 15.5. The van der Waals surface area contributed by atoms with Crippen molar-refractivity contribution in [3.63, 3.8) is 0 Å². The molecule has 4 rings (SSSR count). The number of alkyl halides is 6. The first-order valence-electron chi connectivity index (χ1n) is 9.59. The van der Waals surface area contributed by atoms with E-state index in [-0.39, 0.29) is 11.3 Å². The van der Waals surface area contributed by atoms with Gasteiger partial charge in [-0.2, -0.15) is 0 Å². The zero-order chi connectivity index (χ0) is 23.8. The molecule has 1 amide bonds. The average Bonchev–Trinajstić information content (AvgIpc) is 3.20. The minimum Gasteiger partial charge on any atom is -0.406 e. The van der Waals surface area contributed by atoms with Gasteiger partial charge in [-0.05, 0) is 65.4 Å². The largest absolute Gasteiger partial charge is 0.573 e. The van der Waals surface area contributed by atoms with E-state index >= 15 is 0 Å². The van der Waals surface area contributed by atoms with Gasteiger partial charge in [0.1, 0.15) is 11.5 Å². The molecule has 0 saturated carbocycles. The average molecular weight is 487 g/mol.